The number of rotatable bonds is 15. The fourth-order valence-corrected chi connectivity index (χ4v) is 7.29. The number of fused-ring (bicyclic) bond motifs is 1. The normalized spacial score (nSPS) is 14.2. The molecule has 0 unspecified atom stereocenters. The highest BCUT2D eigenvalue weighted by Gasteiger charge is 2.28. The molecule has 2 aliphatic rings. The number of carbonyl (C=O) groups excluding carboxylic acids is 3. The van der Waals surface area contributed by atoms with Crippen LogP contribution in [0.2, 0.25) is 0 Å². The smallest absolute Gasteiger partial charge is 0.331 e. The zero-order valence-corrected chi connectivity index (χ0v) is 32.3. The number of hydrogen-bond donors (Lipinski definition) is 1. The molecule has 0 atom stereocenters. The van der Waals surface area contributed by atoms with Crippen LogP contribution in [-0.2, 0) is 16.1 Å². The minimum absolute atomic E-state index is 0.0957. The molecule has 0 aromatic heterocycles. The van der Waals surface area contributed by atoms with Gasteiger partial charge < -0.3 is 24.2 Å². The summed E-state index contributed by atoms with van der Waals surface area (Å²) in [5.74, 6) is 1.17. The highest BCUT2D eigenvalue weighted by atomic mass is 16.5. The van der Waals surface area contributed by atoms with Crippen molar-refractivity contribution in [2.24, 2.45) is 4.99 Å². The van der Waals surface area contributed by atoms with E-state index in [4.69, 9.17) is 14.5 Å². The second-order valence-electron chi connectivity index (χ2n) is 14.5. The third-order valence-electron chi connectivity index (χ3n) is 10.1. The number of urea groups is 1. The summed E-state index contributed by atoms with van der Waals surface area (Å²) in [6.45, 7) is 9.36. The summed E-state index contributed by atoms with van der Waals surface area (Å²) < 4.78 is 12.0. The molecule has 1 fully saturated rings. The first kappa shape index (κ1) is 39.3. The van der Waals surface area contributed by atoms with Gasteiger partial charge >= 0.3 is 12.0 Å². The first-order valence-electron chi connectivity index (χ1n) is 19.4. The molecule has 284 valence electrons. The van der Waals surface area contributed by atoms with Gasteiger partial charge in [-0.15, -0.1) is 0 Å². The van der Waals surface area contributed by atoms with Gasteiger partial charge in [-0.1, -0.05) is 81.3 Å². The van der Waals surface area contributed by atoms with Crippen molar-refractivity contribution in [2.45, 2.75) is 111 Å². The second-order valence-corrected chi connectivity index (χ2v) is 14.5. The highest BCUT2D eigenvalue weighted by Crippen LogP contribution is 2.31. The summed E-state index contributed by atoms with van der Waals surface area (Å²) in [5.41, 5.74) is 5.36. The topological polar surface area (TPSA) is 104 Å². The molecule has 0 saturated heterocycles. The number of esters is 1. The first-order chi connectivity index (χ1) is 25.6. The van der Waals surface area contributed by atoms with Crippen molar-refractivity contribution in [2.75, 3.05) is 31.6 Å². The molecule has 1 heterocycles. The van der Waals surface area contributed by atoms with Crippen LogP contribution >= 0.6 is 0 Å². The molecule has 0 spiro atoms. The van der Waals surface area contributed by atoms with Gasteiger partial charge in [0, 0.05) is 43.9 Å². The van der Waals surface area contributed by atoms with Gasteiger partial charge in [0.05, 0.1) is 12.3 Å². The van der Waals surface area contributed by atoms with Crippen LogP contribution < -0.4 is 19.7 Å². The standard InChI is InChI=1S/C43H57N5O5/c1-6-7-8-15-24-48(36-19-13-10-14-20-36)39(49)21-16-25-52-37-22-23-38-34(28-37)29-47(30-40(50)53-41-32(3)26-31(2)27-33(41)4)42(44-38)45-43(51)46(5)35-17-11-9-12-18-35/h10,13-14,19-20,22-23,26-28,35H,6-9,11-12,15-18,21,24-25,29-30H2,1-5H3,(H,44,45,51). The number of ether oxygens (including phenoxy) is 2. The van der Waals surface area contributed by atoms with Crippen molar-refractivity contribution >= 4 is 35.2 Å². The first-order valence-corrected chi connectivity index (χ1v) is 19.4. The predicted octanol–water partition coefficient (Wildman–Crippen LogP) is 8.77. The number of guanidine groups is 1. The molecule has 3 aromatic rings. The SMILES string of the molecule is CCCCCCN(C(=O)CCCOc1ccc2c(c1)CN(CC(=O)Oc1c(C)cc(C)cc1C)C(NC(=O)N(C)C1CCCCC1)=N2)c1ccccc1. The van der Waals surface area contributed by atoms with Gasteiger partial charge in [0.25, 0.3) is 0 Å². The molecule has 10 heteroatoms. The van der Waals surface area contributed by atoms with Crippen LogP contribution in [0.15, 0.2) is 65.7 Å². The van der Waals surface area contributed by atoms with Crippen LogP contribution in [0.5, 0.6) is 11.5 Å². The summed E-state index contributed by atoms with van der Waals surface area (Å²) in [6.07, 6.45) is 10.7. The predicted molar refractivity (Wildman–Crippen MR) is 211 cm³/mol. The minimum atomic E-state index is -0.446. The summed E-state index contributed by atoms with van der Waals surface area (Å²) in [5, 5.41) is 3.00. The number of aryl methyl sites for hydroxylation is 3. The zero-order valence-electron chi connectivity index (χ0n) is 32.3. The summed E-state index contributed by atoms with van der Waals surface area (Å²) >= 11 is 0. The Bertz CT molecular complexity index is 1710. The lowest BCUT2D eigenvalue weighted by Gasteiger charge is -2.34. The average molecular weight is 724 g/mol. The summed E-state index contributed by atoms with van der Waals surface area (Å²) in [6, 6.07) is 19.4. The molecule has 1 aliphatic heterocycles. The van der Waals surface area contributed by atoms with Gasteiger partial charge in [0.15, 0.2) is 0 Å². The lowest BCUT2D eigenvalue weighted by molar-refractivity contribution is -0.135. The maximum atomic E-state index is 13.5. The molecule has 10 nitrogen and oxygen atoms in total. The summed E-state index contributed by atoms with van der Waals surface area (Å²) in [7, 11) is 1.83. The van der Waals surface area contributed by atoms with Crippen LogP contribution in [0.3, 0.4) is 0 Å². The number of unbranched alkanes of at least 4 members (excludes halogenated alkanes) is 3. The third-order valence-corrected chi connectivity index (χ3v) is 10.1. The van der Waals surface area contributed by atoms with Gasteiger partial charge in [-0.25, -0.2) is 14.6 Å². The number of aliphatic imine (C=N–C) groups is 1. The van der Waals surface area contributed by atoms with E-state index in [0.29, 0.717) is 55.7 Å². The molecule has 5 rings (SSSR count). The van der Waals surface area contributed by atoms with Crippen LogP contribution in [0, 0.1) is 20.8 Å². The van der Waals surface area contributed by atoms with Crippen LogP contribution in [-0.4, -0.2) is 66.5 Å². The maximum Gasteiger partial charge on any atom is 0.331 e. The quantitative estimate of drug-likeness (QED) is 0.0956. The van der Waals surface area contributed by atoms with Crippen molar-refractivity contribution in [3.63, 3.8) is 0 Å². The number of para-hydroxylation sites is 1. The fourth-order valence-electron chi connectivity index (χ4n) is 7.29. The molecule has 53 heavy (non-hydrogen) atoms. The van der Waals surface area contributed by atoms with Crippen molar-refractivity contribution in [3.05, 3.63) is 82.9 Å². The Morgan fingerprint density at radius 3 is 2.36 bits per heavy atom. The van der Waals surface area contributed by atoms with E-state index in [1.807, 2.05) is 93.4 Å². The van der Waals surface area contributed by atoms with Gasteiger partial charge in [-0.3, -0.25) is 10.1 Å². The Kier molecular flexibility index (Phi) is 14.3. The van der Waals surface area contributed by atoms with E-state index in [1.54, 1.807) is 9.80 Å². The number of carbonyl (C=O) groups is 3. The van der Waals surface area contributed by atoms with Crippen molar-refractivity contribution < 1.29 is 23.9 Å². The Hall–Kier alpha value is -4.86. The molecule has 1 aliphatic carbocycles. The second kappa shape index (κ2) is 19.3. The lowest BCUT2D eigenvalue weighted by Crippen LogP contribution is -2.52. The van der Waals surface area contributed by atoms with E-state index in [2.05, 4.69) is 12.2 Å². The molecular weight excluding hydrogens is 667 g/mol. The van der Waals surface area contributed by atoms with Gasteiger partial charge in [-0.05, 0) is 87.9 Å². The zero-order chi connectivity index (χ0) is 37.7. The third kappa shape index (κ3) is 11.1. The Balaban J connectivity index is 1.25. The monoisotopic (exact) mass is 723 g/mol. The molecule has 3 amide bonds. The molecule has 0 radical (unpaired) electrons. The van der Waals surface area contributed by atoms with Gasteiger partial charge in [0.2, 0.25) is 11.9 Å². The highest BCUT2D eigenvalue weighted by molar-refractivity contribution is 5.99. The number of benzene rings is 3. The van der Waals surface area contributed by atoms with E-state index < -0.39 is 5.97 Å². The maximum absolute atomic E-state index is 13.5. The number of nitrogens with one attached hydrogen (secondary N) is 1. The minimum Gasteiger partial charge on any atom is -0.494 e. The molecule has 0 bridgehead atoms. The number of amides is 3. The average Bonchev–Trinajstić information content (AvgIpc) is 3.15. The van der Waals surface area contributed by atoms with E-state index in [-0.39, 0.29) is 24.5 Å². The van der Waals surface area contributed by atoms with E-state index >= 15 is 0 Å². The van der Waals surface area contributed by atoms with Crippen LogP contribution in [0.1, 0.15) is 99.8 Å². The van der Waals surface area contributed by atoms with Crippen LogP contribution in [0.25, 0.3) is 0 Å². The molecule has 1 N–H and O–H groups in total. The van der Waals surface area contributed by atoms with Gasteiger partial charge in [0.1, 0.15) is 18.0 Å². The largest absolute Gasteiger partial charge is 0.494 e. The molecule has 3 aromatic carbocycles. The number of anilines is 1. The van der Waals surface area contributed by atoms with Gasteiger partial charge in [-0.2, -0.15) is 0 Å². The lowest BCUT2D eigenvalue weighted by atomic mass is 9.95. The Labute approximate surface area is 315 Å². The number of nitrogens with zero attached hydrogens (tertiary/aromatic N) is 4. The van der Waals surface area contributed by atoms with E-state index in [0.717, 1.165) is 72.9 Å². The van der Waals surface area contributed by atoms with Crippen molar-refractivity contribution in [1.82, 2.24) is 15.1 Å². The molecule has 1 saturated carbocycles. The Morgan fingerprint density at radius 2 is 1.64 bits per heavy atom. The van der Waals surface area contributed by atoms with Crippen molar-refractivity contribution in [3.8, 4) is 11.5 Å². The summed E-state index contributed by atoms with van der Waals surface area (Å²) in [4.78, 5) is 50.4. The fraction of sp³-hybridized carbons (Fsp3) is 0.488. The van der Waals surface area contributed by atoms with E-state index in [9.17, 15) is 14.4 Å². The molecular formula is C43H57N5O5. The van der Waals surface area contributed by atoms with E-state index in [1.165, 1.54) is 12.8 Å². The number of hydrogen-bond acceptors (Lipinski definition) is 7. The Morgan fingerprint density at radius 1 is 0.906 bits per heavy atom. The van der Waals surface area contributed by atoms with Crippen LogP contribution in [0.4, 0.5) is 16.2 Å². The van der Waals surface area contributed by atoms with Crippen molar-refractivity contribution in [1.29, 1.82) is 0 Å².